The van der Waals surface area contributed by atoms with Gasteiger partial charge in [0.2, 0.25) is 17.9 Å². The normalized spacial score (nSPS) is 19.1. The molecule has 2 aromatic carbocycles. The van der Waals surface area contributed by atoms with Crippen molar-refractivity contribution in [3.05, 3.63) is 59.1 Å². The monoisotopic (exact) mass is 604 g/mol. The number of nitrogen functional groups attached to an aromatic ring is 2. The van der Waals surface area contributed by atoms with Gasteiger partial charge in [0.05, 0.1) is 6.61 Å². The summed E-state index contributed by atoms with van der Waals surface area (Å²) in [5, 5.41) is 3.53. The molecule has 1 unspecified atom stereocenters. The summed E-state index contributed by atoms with van der Waals surface area (Å²) >= 11 is 6.17. The van der Waals surface area contributed by atoms with Crippen LogP contribution in [0.2, 0.25) is 5.02 Å². The smallest absolute Gasteiger partial charge is 0.429 e. The lowest BCUT2D eigenvalue weighted by Crippen LogP contribution is -2.41. The van der Waals surface area contributed by atoms with Gasteiger partial charge >= 0.3 is 12.1 Å². The number of nitrogens with one attached hydrogen (secondary N) is 1. The topological polar surface area (TPSA) is 129 Å². The van der Waals surface area contributed by atoms with E-state index in [2.05, 4.69) is 15.3 Å². The third-order valence-corrected chi connectivity index (χ3v) is 8.05. The van der Waals surface area contributed by atoms with Crippen LogP contribution in [-0.4, -0.2) is 54.4 Å². The van der Waals surface area contributed by atoms with Gasteiger partial charge in [-0.3, -0.25) is 4.79 Å². The number of alkyl halides is 3. The number of rotatable bonds is 7. The van der Waals surface area contributed by atoms with Gasteiger partial charge in [-0.05, 0) is 67.0 Å². The molecule has 2 aliphatic rings. The highest BCUT2D eigenvalue weighted by Gasteiger charge is 2.46. The largest absolute Gasteiger partial charge is 0.465 e. The van der Waals surface area contributed by atoms with E-state index in [9.17, 15) is 18.0 Å². The Bertz CT molecular complexity index is 1450. The zero-order valence-corrected chi connectivity index (χ0v) is 23.7. The Labute approximate surface area is 246 Å². The number of ether oxygens (including phenoxy) is 2. The van der Waals surface area contributed by atoms with E-state index < -0.39 is 12.3 Å². The fourth-order valence-corrected chi connectivity index (χ4v) is 5.88. The predicted octanol–water partition coefficient (Wildman–Crippen LogP) is 5.16. The summed E-state index contributed by atoms with van der Waals surface area (Å²) in [5.74, 6) is -0.395. The number of halogens is 4. The van der Waals surface area contributed by atoms with Gasteiger partial charge in [0.25, 0.3) is 0 Å². The van der Waals surface area contributed by atoms with Crippen molar-refractivity contribution in [2.45, 2.75) is 44.5 Å². The second-order valence-corrected chi connectivity index (χ2v) is 11.1. The average Bonchev–Trinajstić information content (AvgIpc) is 3.35. The van der Waals surface area contributed by atoms with E-state index in [4.69, 9.17) is 32.5 Å². The minimum absolute atomic E-state index is 0.0704. The molecule has 9 nitrogen and oxygen atoms in total. The highest BCUT2D eigenvalue weighted by atomic mass is 35.5. The average molecular weight is 605 g/mol. The van der Waals surface area contributed by atoms with Crippen molar-refractivity contribution in [3.63, 3.8) is 0 Å². The van der Waals surface area contributed by atoms with E-state index in [0.717, 1.165) is 12.8 Å². The standard InChI is InChI=1S/C29H32ClF3N6O3/c1-2-41-26(40)22-15-28(16-36-22)8-10-39(11-9-28)23-14-24(38-27(35)37-23)42-25(29(31,32)33)20-7-6-18(30)13-21(20)17-4-3-5-19(34)12-17/h3-7,12-14,22,25,36H,2,8-11,15-16,34H2,1H3,(H2,35,37,38)/t22?,25-/m1/s1. The highest BCUT2D eigenvalue weighted by Crippen LogP contribution is 2.43. The van der Waals surface area contributed by atoms with Gasteiger partial charge < -0.3 is 31.2 Å². The maximum Gasteiger partial charge on any atom is 0.429 e. The van der Waals surface area contributed by atoms with Crippen LogP contribution in [0.3, 0.4) is 0 Å². The molecule has 1 aromatic heterocycles. The molecule has 2 aliphatic heterocycles. The molecule has 42 heavy (non-hydrogen) atoms. The number of nitrogens with zero attached hydrogens (tertiary/aromatic N) is 3. The van der Waals surface area contributed by atoms with E-state index >= 15 is 0 Å². The van der Waals surface area contributed by atoms with Gasteiger partial charge in [-0.25, -0.2) is 0 Å². The van der Waals surface area contributed by atoms with Gasteiger partial charge in [0, 0.05) is 42.0 Å². The molecule has 0 aliphatic carbocycles. The van der Waals surface area contributed by atoms with Crippen molar-refractivity contribution in [1.29, 1.82) is 0 Å². The number of hydrogen-bond acceptors (Lipinski definition) is 9. The number of esters is 1. The van der Waals surface area contributed by atoms with E-state index in [1.807, 2.05) is 4.90 Å². The second kappa shape index (κ2) is 11.8. The molecule has 0 saturated carbocycles. The Morgan fingerprint density at radius 1 is 1.17 bits per heavy atom. The molecule has 5 rings (SSSR count). The number of carbonyl (C=O) groups is 1. The number of nitrogens with two attached hydrogens (primary N) is 2. The van der Waals surface area contributed by atoms with Crippen molar-refractivity contribution in [1.82, 2.24) is 15.3 Å². The first-order chi connectivity index (χ1) is 20.0. The number of benzene rings is 2. The SMILES string of the molecule is CCOC(=O)C1CC2(CCN(c3cc(O[C@H](c4ccc(Cl)cc4-c4cccc(N)c4)C(F)(F)F)nc(N)n3)CC2)CN1. The summed E-state index contributed by atoms with van der Waals surface area (Å²) in [7, 11) is 0. The molecule has 1 spiro atoms. The first kappa shape index (κ1) is 29.7. The van der Waals surface area contributed by atoms with Crippen molar-refractivity contribution >= 4 is 35.0 Å². The minimum atomic E-state index is -4.80. The van der Waals surface area contributed by atoms with Crippen molar-refractivity contribution < 1.29 is 27.4 Å². The minimum Gasteiger partial charge on any atom is -0.465 e. The van der Waals surface area contributed by atoms with E-state index in [1.54, 1.807) is 31.2 Å². The lowest BCUT2D eigenvalue weighted by Gasteiger charge is -2.39. The maximum atomic E-state index is 14.5. The third-order valence-electron chi connectivity index (χ3n) is 7.82. The molecule has 2 saturated heterocycles. The summed E-state index contributed by atoms with van der Waals surface area (Å²) in [5.41, 5.74) is 12.7. The zero-order chi connectivity index (χ0) is 30.1. The third kappa shape index (κ3) is 6.49. The summed E-state index contributed by atoms with van der Waals surface area (Å²) in [6.45, 7) is 3.94. The Morgan fingerprint density at radius 3 is 2.62 bits per heavy atom. The Kier molecular flexibility index (Phi) is 8.38. The highest BCUT2D eigenvalue weighted by molar-refractivity contribution is 6.30. The zero-order valence-electron chi connectivity index (χ0n) is 23.0. The molecule has 5 N–H and O–H groups in total. The number of aromatic nitrogens is 2. The second-order valence-electron chi connectivity index (χ2n) is 10.7. The fourth-order valence-electron chi connectivity index (χ4n) is 5.71. The fraction of sp³-hybridized carbons (Fsp3) is 0.414. The Balaban J connectivity index is 1.37. The molecule has 0 radical (unpaired) electrons. The maximum absolute atomic E-state index is 14.5. The predicted molar refractivity (Wildman–Crippen MR) is 154 cm³/mol. The molecule has 0 bridgehead atoms. The number of anilines is 3. The summed E-state index contributed by atoms with van der Waals surface area (Å²) < 4.78 is 54.3. The lowest BCUT2D eigenvalue weighted by atomic mass is 9.76. The Morgan fingerprint density at radius 2 is 1.93 bits per heavy atom. The molecule has 2 atom stereocenters. The van der Waals surface area contributed by atoms with E-state index in [1.165, 1.54) is 24.3 Å². The lowest BCUT2D eigenvalue weighted by molar-refractivity contribution is -0.198. The molecule has 0 amide bonds. The van der Waals surface area contributed by atoms with Crippen LogP contribution >= 0.6 is 11.6 Å². The van der Waals surface area contributed by atoms with Crippen molar-refractivity contribution in [2.24, 2.45) is 5.41 Å². The summed E-state index contributed by atoms with van der Waals surface area (Å²) in [6, 6.07) is 11.7. The van der Waals surface area contributed by atoms with Crippen LogP contribution in [0.25, 0.3) is 11.1 Å². The van der Waals surface area contributed by atoms with Crippen LogP contribution < -0.4 is 26.4 Å². The molecular formula is C29H32ClF3N6O3. The molecule has 224 valence electrons. The van der Waals surface area contributed by atoms with Crippen LogP contribution in [0.4, 0.5) is 30.6 Å². The molecule has 3 aromatic rings. The van der Waals surface area contributed by atoms with Gasteiger partial charge in [-0.2, -0.15) is 23.1 Å². The number of hydrogen-bond donors (Lipinski definition) is 3. The Hall–Kier alpha value is -3.77. The first-order valence-corrected chi connectivity index (χ1v) is 14.0. The van der Waals surface area contributed by atoms with Gasteiger partial charge in [-0.15, -0.1) is 0 Å². The van der Waals surface area contributed by atoms with Crippen LogP contribution in [0.5, 0.6) is 5.88 Å². The van der Waals surface area contributed by atoms with E-state index in [0.29, 0.717) is 49.7 Å². The summed E-state index contributed by atoms with van der Waals surface area (Å²) in [6.07, 6.45) is -4.98. The van der Waals surface area contributed by atoms with Crippen molar-refractivity contribution in [2.75, 3.05) is 42.6 Å². The van der Waals surface area contributed by atoms with Crippen molar-refractivity contribution in [3.8, 4) is 17.0 Å². The van der Waals surface area contributed by atoms with Crippen LogP contribution in [0.1, 0.15) is 37.9 Å². The number of piperidine rings is 1. The van der Waals surface area contributed by atoms with E-state index in [-0.39, 0.29) is 45.4 Å². The van der Waals surface area contributed by atoms with Gasteiger partial charge in [0.1, 0.15) is 11.9 Å². The van der Waals surface area contributed by atoms with Gasteiger partial charge in [0.15, 0.2) is 0 Å². The van der Waals surface area contributed by atoms with Gasteiger partial charge in [-0.1, -0.05) is 29.8 Å². The van der Waals surface area contributed by atoms with Crippen LogP contribution in [0, 0.1) is 5.41 Å². The summed E-state index contributed by atoms with van der Waals surface area (Å²) in [4.78, 5) is 22.4. The molecular weight excluding hydrogens is 573 g/mol. The quantitative estimate of drug-likeness (QED) is 0.247. The van der Waals surface area contributed by atoms with Crippen LogP contribution in [0.15, 0.2) is 48.5 Å². The van der Waals surface area contributed by atoms with Crippen LogP contribution in [-0.2, 0) is 9.53 Å². The first-order valence-electron chi connectivity index (χ1n) is 13.6. The molecule has 13 heteroatoms. The molecule has 3 heterocycles. The molecule has 2 fully saturated rings. The number of carbonyl (C=O) groups excluding carboxylic acids is 1.